The topological polar surface area (TPSA) is 46.3 Å². The van der Waals surface area contributed by atoms with E-state index < -0.39 is 23.1 Å². The Morgan fingerprint density at radius 2 is 2.00 bits per heavy atom. The van der Waals surface area contributed by atoms with Gasteiger partial charge in [0.2, 0.25) is 0 Å². The van der Waals surface area contributed by atoms with Gasteiger partial charge in [-0.1, -0.05) is 6.07 Å². The van der Waals surface area contributed by atoms with Crippen LogP contribution in [0.4, 0.5) is 20.2 Å². The van der Waals surface area contributed by atoms with Crippen molar-refractivity contribution in [3.63, 3.8) is 0 Å². The first-order chi connectivity index (χ1) is 9.99. The Morgan fingerprint density at radius 3 is 2.76 bits per heavy atom. The van der Waals surface area contributed by atoms with Gasteiger partial charge in [-0.3, -0.25) is 4.79 Å². The largest absolute Gasteiger partial charge is 0.399 e. The van der Waals surface area contributed by atoms with Crippen molar-refractivity contribution in [2.24, 2.45) is 0 Å². The van der Waals surface area contributed by atoms with E-state index in [1.54, 1.807) is 18.2 Å². The van der Waals surface area contributed by atoms with Crippen LogP contribution in [0.3, 0.4) is 0 Å². The number of halogens is 2. The Morgan fingerprint density at radius 1 is 1.24 bits per heavy atom. The van der Waals surface area contributed by atoms with Crippen LogP contribution in [-0.2, 0) is 6.42 Å². The van der Waals surface area contributed by atoms with Crippen LogP contribution in [-0.4, -0.2) is 12.5 Å². The van der Waals surface area contributed by atoms with Gasteiger partial charge in [0.25, 0.3) is 5.91 Å². The molecule has 1 aliphatic rings. The molecule has 2 aromatic rings. The summed E-state index contributed by atoms with van der Waals surface area (Å²) in [6.45, 7) is 1.90. The lowest BCUT2D eigenvalue weighted by molar-refractivity contribution is 0.0981. The molecule has 2 aromatic carbocycles. The van der Waals surface area contributed by atoms with E-state index in [0.29, 0.717) is 24.3 Å². The maximum absolute atomic E-state index is 14.1. The van der Waals surface area contributed by atoms with E-state index in [9.17, 15) is 13.6 Å². The maximum Gasteiger partial charge on any atom is 0.264 e. The van der Waals surface area contributed by atoms with Gasteiger partial charge in [0.15, 0.2) is 0 Å². The molecule has 3 nitrogen and oxygen atoms in total. The minimum Gasteiger partial charge on any atom is -0.399 e. The van der Waals surface area contributed by atoms with Gasteiger partial charge in [-0.15, -0.1) is 0 Å². The lowest BCUT2D eigenvalue weighted by Gasteiger charge is -2.18. The van der Waals surface area contributed by atoms with Gasteiger partial charge >= 0.3 is 0 Å². The minimum atomic E-state index is -0.841. The summed E-state index contributed by atoms with van der Waals surface area (Å²) in [5, 5.41) is 0. The van der Waals surface area contributed by atoms with Crippen LogP contribution < -0.4 is 10.6 Å². The van der Waals surface area contributed by atoms with E-state index >= 15 is 0 Å². The quantitative estimate of drug-likeness (QED) is 0.820. The molecular formula is C16H14F2N2O. The lowest BCUT2D eigenvalue weighted by Crippen LogP contribution is -2.30. The van der Waals surface area contributed by atoms with Crippen molar-refractivity contribution >= 4 is 17.3 Å². The predicted octanol–water partition coefficient (Wildman–Crippen LogP) is 3.06. The molecule has 0 atom stereocenters. The average Bonchev–Trinajstić information content (AvgIpc) is 2.86. The molecule has 0 saturated heterocycles. The number of nitrogens with zero attached hydrogens (tertiary/aromatic N) is 1. The number of hydrogen-bond donors (Lipinski definition) is 1. The monoisotopic (exact) mass is 288 g/mol. The summed E-state index contributed by atoms with van der Waals surface area (Å²) in [5.74, 6) is -2.30. The molecule has 1 heterocycles. The number of anilines is 2. The molecule has 0 aliphatic carbocycles. The lowest BCUT2D eigenvalue weighted by atomic mass is 10.1. The van der Waals surface area contributed by atoms with E-state index in [4.69, 9.17) is 5.73 Å². The molecule has 0 saturated carbocycles. The third-order valence-corrected chi connectivity index (χ3v) is 3.74. The summed E-state index contributed by atoms with van der Waals surface area (Å²) in [4.78, 5) is 13.9. The number of carbonyl (C=O) groups excluding carboxylic acids is 1. The first-order valence-corrected chi connectivity index (χ1v) is 6.64. The molecule has 0 aromatic heterocycles. The minimum absolute atomic E-state index is 0.247. The molecule has 108 valence electrons. The predicted molar refractivity (Wildman–Crippen MR) is 77.3 cm³/mol. The molecule has 21 heavy (non-hydrogen) atoms. The van der Waals surface area contributed by atoms with Crippen molar-refractivity contribution in [3.05, 3.63) is 58.7 Å². The highest BCUT2D eigenvalue weighted by molar-refractivity contribution is 6.07. The van der Waals surface area contributed by atoms with Crippen molar-refractivity contribution in [1.29, 1.82) is 0 Å². The number of amides is 1. The second-order valence-corrected chi connectivity index (χ2v) is 5.15. The van der Waals surface area contributed by atoms with E-state index in [-0.39, 0.29) is 5.56 Å². The zero-order valence-corrected chi connectivity index (χ0v) is 11.5. The number of fused-ring (bicyclic) bond motifs is 1. The maximum atomic E-state index is 14.1. The fourth-order valence-electron chi connectivity index (χ4n) is 2.62. The van der Waals surface area contributed by atoms with Crippen LogP contribution >= 0.6 is 0 Å². The normalized spacial score (nSPS) is 13.4. The number of rotatable bonds is 1. The Kier molecular flexibility index (Phi) is 3.12. The second kappa shape index (κ2) is 4.84. The SMILES string of the molecule is Cc1ccc(F)c(C(=O)N2CCc3cc(N)ccc32)c1F. The average molecular weight is 288 g/mol. The highest BCUT2D eigenvalue weighted by Crippen LogP contribution is 2.32. The van der Waals surface area contributed by atoms with Gasteiger partial charge < -0.3 is 10.6 Å². The van der Waals surface area contributed by atoms with Crippen molar-refractivity contribution in [2.45, 2.75) is 13.3 Å². The standard InChI is InChI=1S/C16H14F2N2O/c1-9-2-4-12(17)14(15(9)18)16(21)20-7-6-10-8-11(19)3-5-13(10)20/h2-5,8H,6-7,19H2,1H3. The summed E-state index contributed by atoms with van der Waals surface area (Å²) in [6.07, 6.45) is 0.626. The molecule has 0 unspecified atom stereocenters. The van der Waals surface area contributed by atoms with Gasteiger partial charge in [-0.05, 0) is 48.7 Å². The van der Waals surface area contributed by atoms with Crippen LogP contribution in [0.5, 0.6) is 0 Å². The van der Waals surface area contributed by atoms with Crippen molar-refractivity contribution in [1.82, 2.24) is 0 Å². The number of hydrogen-bond acceptors (Lipinski definition) is 2. The van der Waals surface area contributed by atoms with Crippen molar-refractivity contribution in [2.75, 3.05) is 17.2 Å². The number of nitrogens with two attached hydrogens (primary N) is 1. The molecule has 1 aliphatic heterocycles. The molecular weight excluding hydrogens is 274 g/mol. The Balaban J connectivity index is 2.05. The van der Waals surface area contributed by atoms with E-state index in [1.807, 2.05) is 0 Å². The first-order valence-electron chi connectivity index (χ1n) is 6.64. The van der Waals surface area contributed by atoms with E-state index in [2.05, 4.69) is 0 Å². The Bertz CT molecular complexity index is 743. The van der Waals surface area contributed by atoms with Crippen LogP contribution in [0.25, 0.3) is 0 Å². The number of nitrogen functional groups attached to an aromatic ring is 1. The summed E-state index contributed by atoms with van der Waals surface area (Å²) in [5.41, 5.74) is 7.64. The fraction of sp³-hybridized carbons (Fsp3) is 0.188. The second-order valence-electron chi connectivity index (χ2n) is 5.15. The summed E-state index contributed by atoms with van der Waals surface area (Å²) >= 11 is 0. The zero-order chi connectivity index (χ0) is 15.1. The van der Waals surface area contributed by atoms with Crippen LogP contribution in [0, 0.1) is 18.6 Å². The van der Waals surface area contributed by atoms with E-state index in [0.717, 1.165) is 11.6 Å². The molecule has 3 rings (SSSR count). The summed E-state index contributed by atoms with van der Waals surface area (Å²) < 4.78 is 28.0. The number of carbonyl (C=O) groups is 1. The molecule has 0 fully saturated rings. The van der Waals surface area contributed by atoms with Crippen LogP contribution in [0.1, 0.15) is 21.5 Å². The third-order valence-electron chi connectivity index (χ3n) is 3.74. The summed E-state index contributed by atoms with van der Waals surface area (Å²) in [7, 11) is 0. The third kappa shape index (κ3) is 2.14. The van der Waals surface area contributed by atoms with E-state index in [1.165, 1.54) is 17.9 Å². The van der Waals surface area contributed by atoms with Crippen molar-refractivity contribution < 1.29 is 13.6 Å². The zero-order valence-electron chi connectivity index (χ0n) is 11.5. The molecule has 0 spiro atoms. The molecule has 2 N–H and O–H groups in total. The van der Waals surface area contributed by atoms with Gasteiger partial charge in [0, 0.05) is 17.9 Å². The Labute approximate surface area is 121 Å². The van der Waals surface area contributed by atoms with Gasteiger partial charge in [0.1, 0.15) is 17.2 Å². The Hall–Kier alpha value is -2.43. The summed E-state index contributed by atoms with van der Waals surface area (Å²) in [6, 6.07) is 7.60. The number of benzene rings is 2. The fourth-order valence-corrected chi connectivity index (χ4v) is 2.62. The number of aryl methyl sites for hydroxylation is 1. The highest BCUT2D eigenvalue weighted by atomic mass is 19.1. The highest BCUT2D eigenvalue weighted by Gasteiger charge is 2.29. The molecule has 0 radical (unpaired) electrons. The first kappa shape index (κ1) is 13.5. The van der Waals surface area contributed by atoms with Gasteiger partial charge in [0.05, 0.1) is 0 Å². The van der Waals surface area contributed by atoms with Gasteiger partial charge in [-0.2, -0.15) is 0 Å². The van der Waals surface area contributed by atoms with Crippen LogP contribution in [0.2, 0.25) is 0 Å². The molecule has 1 amide bonds. The smallest absolute Gasteiger partial charge is 0.264 e. The van der Waals surface area contributed by atoms with Crippen molar-refractivity contribution in [3.8, 4) is 0 Å². The molecule has 5 heteroatoms. The van der Waals surface area contributed by atoms with Crippen LogP contribution in [0.15, 0.2) is 30.3 Å². The van der Waals surface area contributed by atoms with Gasteiger partial charge in [-0.25, -0.2) is 8.78 Å². The molecule has 0 bridgehead atoms.